The van der Waals surface area contributed by atoms with Crippen molar-refractivity contribution in [2.24, 2.45) is 0 Å². The second-order valence-electron chi connectivity index (χ2n) is 6.69. The van der Waals surface area contributed by atoms with E-state index in [1.807, 2.05) is 12.1 Å². The number of carbonyl (C=O) groups is 1. The third kappa shape index (κ3) is 4.31. The highest BCUT2D eigenvalue weighted by atomic mass is 16.5. The van der Waals surface area contributed by atoms with Crippen LogP contribution in [0.1, 0.15) is 11.1 Å². The van der Waals surface area contributed by atoms with Gasteiger partial charge in [0.05, 0.1) is 40.7 Å². The molecular weight excluding hydrogens is 360 g/mol. The highest BCUT2D eigenvalue weighted by molar-refractivity contribution is 5.93. The summed E-state index contributed by atoms with van der Waals surface area (Å²) >= 11 is 0. The molecule has 0 saturated carbocycles. The molecule has 2 aromatic carbocycles. The maximum atomic E-state index is 12.6. The van der Waals surface area contributed by atoms with Gasteiger partial charge in [-0.05, 0) is 29.8 Å². The number of ether oxygens (including phenoxy) is 4. The van der Waals surface area contributed by atoms with E-state index in [-0.39, 0.29) is 5.91 Å². The van der Waals surface area contributed by atoms with E-state index in [9.17, 15) is 4.79 Å². The SMILES string of the molecule is COc1ccc(OC)c(NC(=O)C[NH+]2CCc3cc(OC)c(OC)cc3C2)c1. The van der Waals surface area contributed by atoms with Crippen LogP contribution in [0, 0.1) is 0 Å². The van der Waals surface area contributed by atoms with Crippen molar-refractivity contribution in [3.63, 3.8) is 0 Å². The second-order valence-corrected chi connectivity index (χ2v) is 6.69. The largest absolute Gasteiger partial charge is 0.497 e. The third-order valence-corrected chi connectivity index (χ3v) is 4.99. The number of methoxy groups -OCH3 is 4. The molecule has 28 heavy (non-hydrogen) atoms. The fourth-order valence-corrected chi connectivity index (χ4v) is 3.51. The average molecular weight is 387 g/mol. The Balaban J connectivity index is 1.68. The molecule has 0 bridgehead atoms. The van der Waals surface area contributed by atoms with E-state index in [4.69, 9.17) is 18.9 Å². The summed E-state index contributed by atoms with van der Waals surface area (Å²) in [6.45, 7) is 2.01. The molecule has 1 atom stereocenters. The van der Waals surface area contributed by atoms with Crippen LogP contribution in [0.3, 0.4) is 0 Å². The average Bonchev–Trinajstić information content (AvgIpc) is 2.72. The highest BCUT2D eigenvalue weighted by Gasteiger charge is 2.24. The monoisotopic (exact) mass is 387 g/mol. The molecule has 1 heterocycles. The molecule has 1 unspecified atom stereocenters. The normalized spacial score (nSPS) is 15.4. The van der Waals surface area contributed by atoms with E-state index in [0.29, 0.717) is 29.5 Å². The van der Waals surface area contributed by atoms with E-state index < -0.39 is 0 Å². The maximum Gasteiger partial charge on any atom is 0.279 e. The molecular formula is C21H27N2O5+. The Hall–Kier alpha value is -2.93. The van der Waals surface area contributed by atoms with Crippen molar-refractivity contribution in [2.75, 3.05) is 46.8 Å². The van der Waals surface area contributed by atoms with Crippen molar-refractivity contribution in [1.82, 2.24) is 0 Å². The number of anilines is 1. The Labute approximate surface area is 165 Å². The number of hydrogen-bond donors (Lipinski definition) is 2. The Morgan fingerprint density at radius 3 is 2.25 bits per heavy atom. The fourth-order valence-electron chi connectivity index (χ4n) is 3.51. The zero-order chi connectivity index (χ0) is 20.1. The summed E-state index contributed by atoms with van der Waals surface area (Å²) in [5, 5.41) is 2.94. The first kappa shape index (κ1) is 19.8. The van der Waals surface area contributed by atoms with Crippen LogP contribution >= 0.6 is 0 Å². The van der Waals surface area contributed by atoms with E-state index >= 15 is 0 Å². The Morgan fingerprint density at radius 1 is 0.929 bits per heavy atom. The molecule has 7 nitrogen and oxygen atoms in total. The van der Waals surface area contributed by atoms with Crippen molar-refractivity contribution in [2.45, 2.75) is 13.0 Å². The number of carbonyl (C=O) groups excluding carboxylic acids is 1. The number of benzene rings is 2. The van der Waals surface area contributed by atoms with Gasteiger partial charge in [0.2, 0.25) is 0 Å². The lowest BCUT2D eigenvalue weighted by Gasteiger charge is -2.26. The van der Waals surface area contributed by atoms with E-state index in [1.54, 1.807) is 46.6 Å². The van der Waals surface area contributed by atoms with Crippen molar-refractivity contribution in [3.05, 3.63) is 41.5 Å². The molecule has 0 fully saturated rings. The quantitative estimate of drug-likeness (QED) is 0.750. The number of hydrogen-bond acceptors (Lipinski definition) is 5. The van der Waals surface area contributed by atoms with Gasteiger partial charge in [-0.25, -0.2) is 0 Å². The molecule has 1 aliphatic heterocycles. The van der Waals surface area contributed by atoms with E-state index in [1.165, 1.54) is 16.0 Å². The van der Waals surface area contributed by atoms with Gasteiger partial charge in [0.15, 0.2) is 18.0 Å². The summed E-state index contributed by atoms with van der Waals surface area (Å²) in [5.41, 5.74) is 3.04. The molecule has 3 rings (SSSR count). The molecule has 0 radical (unpaired) electrons. The van der Waals surface area contributed by atoms with Gasteiger partial charge in [-0.15, -0.1) is 0 Å². The summed E-state index contributed by atoms with van der Waals surface area (Å²) in [4.78, 5) is 13.8. The van der Waals surface area contributed by atoms with Gasteiger partial charge >= 0.3 is 0 Å². The molecule has 0 aliphatic carbocycles. The van der Waals surface area contributed by atoms with Crippen LogP contribution in [0.5, 0.6) is 23.0 Å². The summed E-state index contributed by atoms with van der Waals surface area (Å²) in [7, 11) is 6.44. The highest BCUT2D eigenvalue weighted by Crippen LogP contribution is 2.31. The third-order valence-electron chi connectivity index (χ3n) is 4.99. The van der Waals surface area contributed by atoms with E-state index in [2.05, 4.69) is 5.32 Å². The number of nitrogens with one attached hydrogen (secondary N) is 2. The number of quaternary nitrogens is 1. The molecule has 2 N–H and O–H groups in total. The van der Waals surface area contributed by atoms with Crippen molar-refractivity contribution in [3.8, 4) is 23.0 Å². The summed E-state index contributed by atoms with van der Waals surface area (Å²) in [6, 6.07) is 9.37. The van der Waals surface area contributed by atoms with Gasteiger partial charge in [0.1, 0.15) is 18.0 Å². The van der Waals surface area contributed by atoms with Crippen LogP contribution in [0.4, 0.5) is 5.69 Å². The van der Waals surface area contributed by atoms with Crippen LogP contribution in [-0.2, 0) is 17.8 Å². The van der Waals surface area contributed by atoms with Crippen molar-refractivity contribution >= 4 is 11.6 Å². The lowest BCUT2D eigenvalue weighted by atomic mass is 9.99. The Morgan fingerprint density at radius 2 is 1.61 bits per heavy atom. The molecule has 1 amide bonds. The second kappa shape index (κ2) is 8.84. The van der Waals surface area contributed by atoms with Crippen LogP contribution in [0.2, 0.25) is 0 Å². The minimum atomic E-state index is -0.0644. The number of fused-ring (bicyclic) bond motifs is 1. The molecule has 1 aliphatic rings. The Bertz CT molecular complexity index is 853. The van der Waals surface area contributed by atoms with Crippen LogP contribution < -0.4 is 29.2 Å². The predicted molar refractivity (Wildman–Crippen MR) is 106 cm³/mol. The smallest absolute Gasteiger partial charge is 0.279 e. The standard InChI is InChI=1S/C21H26N2O5/c1-25-16-5-6-18(26-2)17(11-16)22-21(24)13-23-8-7-14-9-19(27-3)20(28-4)10-15(14)12-23/h5-6,9-11H,7-8,12-13H2,1-4H3,(H,22,24)/p+1. The molecule has 0 spiro atoms. The molecule has 0 saturated heterocycles. The van der Waals surface area contributed by atoms with Crippen LogP contribution in [-0.4, -0.2) is 47.4 Å². The van der Waals surface area contributed by atoms with Gasteiger partial charge in [0, 0.05) is 18.1 Å². The lowest BCUT2D eigenvalue weighted by Crippen LogP contribution is -3.12. The summed E-state index contributed by atoms with van der Waals surface area (Å²) < 4.78 is 21.3. The van der Waals surface area contributed by atoms with Gasteiger partial charge in [0.25, 0.3) is 5.91 Å². The lowest BCUT2D eigenvalue weighted by molar-refractivity contribution is -0.907. The van der Waals surface area contributed by atoms with Gasteiger partial charge in [-0.3, -0.25) is 4.79 Å². The molecule has 0 aromatic heterocycles. The molecule has 150 valence electrons. The Kier molecular flexibility index (Phi) is 6.26. The minimum absolute atomic E-state index is 0.0644. The molecule has 7 heteroatoms. The van der Waals surface area contributed by atoms with E-state index in [0.717, 1.165) is 25.3 Å². The number of rotatable bonds is 7. The first-order chi connectivity index (χ1) is 13.6. The number of amides is 1. The molecule has 2 aromatic rings. The van der Waals surface area contributed by atoms with Crippen molar-refractivity contribution in [1.29, 1.82) is 0 Å². The van der Waals surface area contributed by atoms with Crippen molar-refractivity contribution < 1.29 is 28.6 Å². The van der Waals surface area contributed by atoms with Gasteiger partial charge in [-0.2, -0.15) is 0 Å². The zero-order valence-corrected chi connectivity index (χ0v) is 16.8. The first-order valence-electron chi connectivity index (χ1n) is 9.17. The summed E-state index contributed by atoms with van der Waals surface area (Å²) in [6.07, 6.45) is 0.890. The first-order valence-corrected chi connectivity index (χ1v) is 9.17. The zero-order valence-electron chi connectivity index (χ0n) is 16.8. The van der Waals surface area contributed by atoms with Crippen LogP contribution in [0.15, 0.2) is 30.3 Å². The fraction of sp³-hybridized carbons (Fsp3) is 0.381. The maximum absolute atomic E-state index is 12.6. The predicted octanol–water partition coefficient (Wildman–Crippen LogP) is 1.30. The van der Waals surface area contributed by atoms with Gasteiger partial charge in [-0.1, -0.05) is 0 Å². The minimum Gasteiger partial charge on any atom is -0.497 e. The topological polar surface area (TPSA) is 70.5 Å². The van der Waals surface area contributed by atoms with Gasteiger partial charge < -0.3 is 29.2 Å². The van der Waals surface area contributed by atoms with Crippen LogP contribution in [0.25, 0.3) is 0 Å². The summed E-state index contributed by atoms with van der Waals surface area (Å²) in [5.74, 6) is 2.66.